The molecule has 0 spiro atoms. The predicted octanol–water partition coefficient (Wildman–Crippen LogP) is 6.62. The van der Waals surface area contributed by atoms with Crippen molar-refractivity contribution < 1.29 is 4.74 Å². The van der Waals surface area contributed by atoms with Crippen molar-refractivity contribution in [3.8, 4) is 11.3 Å². The molecule has 2 N–H and O–H groups in total. The smallest absolute Gasteiger partial charge is 0.250 e. The summed E-state index contributed by atoms with van der Waals surface area (Å²) in [6.07, 6.45) is 4.08. The highest BCUT2D eigenvalue weighted by molar-refractivity contribution is 8.05. The molecule has 2 aliphatic heterocycles. The minimum atomic E-state index is -0.0847. The Balaban J connectivity index is 1.20. The van der Waals surface area contributed by atoms with Crippen LogP contribution in [0.15, 0.2) is 91.2 Å². The number of nitrogens with one attached hydrogen (secondary N) is 2. The Morgan fingerprint density at radius 2 is 1.80 bits per heavy atom. The largest absolute Gasteiger partial charge is 0.378 e. The van der Waals surface area contributed by atoms with Crippen molar-refractivity contribution in [3.05, 3.63) is 88.5 Å². The molecule has 1 fully saturated rings. The zero-order valence-electron chi connectivity index (χ0n) is 27.2. The van der Waals surface area contributed by atoms with Crippen molar-refractivity contribution in [3.63, 3.8) is 0 Å². The number of anilines is 2. The molecule has 4 aromatic rings. The molecule has 0 radical (unpaired) electrons. The predicted molar refractivity (Wildman–Crippen MR) is 191 cm³/mol. The number of fused-ring (bicyclic) bond motifs is 2. The van der Waals surface area contributed by atoms with Crippen LogP contribution in [-0.2, 0) is 4.74 Å². The average Bonchev–Trinajstić information content (AvgIpc) is 3.05. The van der Waals surface area contributed by atoms with Gasteiger partial charge in [-0.25, -0.2) is 0 Å². The standard InChI is InChI=1S/C36H44N6O2S2/c1-25-9-11-29(37-24-25)30(13-16-41(4)15-6-14-40(2)3)38-26-10-12-32-34(21-26)45-33-8-5-7-28(36(33)46-32)31-22-27(23-35(43)39-31)42-17-19-44-20-18-42/h5,7-12,21-24,30,38H,6,13-20H2,1-4H3,(H,39,43). The molecule has 46 heavy (non-hydrogen) atoms. The van der Waals surface area contributed by atoms with Gasteiger partial charge in [0, 0.05) is 68.4 Å². The van der Waals surface area contributed by atoms with Crippen LogP contribution in [0.5, 0.6) is 0 Å². The summed E-state index contributed by atoms with van der Waals surface area (Å²) in [6.45, 7) is 8.18. The third-order valence-electron chi connectivity index (χ3n) is 8.43. The first-order chi connectivity index (χ1) is 22.3. The third kappa shape index (κ3) is 8.16. The van der Waals surface area contributed by atoms with Crippen LogP contribution in [0.1, 0.15) is 30.1 Å². The number of aromatic nitrogens is 2. The van der Waals surface area contributed by atoms with Gasteiger partial charge in [0.15, 0.2) is 0 Å². The lowest BCUT2D eigenvalue weighted by molar-refractivity contribution is 0.122. The van der Waals surface area contributed by atoms with Gasteiger partial charge in [-0.2, -0.15) is 0 Å². The van der Waals surface area contributed by atoms with E-state index >= 15 is 0 Å². The summed E-state index contributed by atoms with van der Waals surface area (Å²) in [5.41, 5.74) is 6.09. The maximum atomic E-state index is 12.8. The van der Waals surface area contributed by atoms with Crippen LogP contribution >= 0.6 is 23.5 Å². The van der Waals surface area contributed by atoms with Crippen molar-refractivity contribution in [1.29, 1.82) is 0 Å². The number of benzene rings is 2. The number of H-pyrrole nitrogens is 1. The molecule has 2 aromatic heterocycles. The molecule has 6 rings (SSSR count). The first-order valence-electron chi connectivity index (χ1n) is 16.0. The van der Waals surface area contributed by atoms with E-state index in [1.165, 1.54) is 25.1 Å². The molecule has 0 bridgehead atoms. The van der Waals surface area contributed by atoms with Crippen LogP contribution in [0.3, 0.4) is 0 Å². The molecule has 0 saturated carbocycles. The maximum Gasteiger partial charge on any atom is 0.250 e. The molecule has 2 aromatic carbocycles. The Kier molecular flexibility index (Phi) is 10.7. The number of aryl methyl sites for hydroxylation is 1. The quantitative estimate of drug-likeness (QED) is 0.154. The third-order valence-corrected chi connectivity index (χ3v) is 11.0. The molecule has 1 saturated heterocycles. The summed E-state index contributed by atoms with van der Waals surface area (Å²) in [5, 5.41) is 3.83. The molecule has 2 aliphatic rings. The Morgan fingerprint density at radius 1 is 0.957 bits per heavy atom. The van der Waals surface area contributed by atoms with E-state index in [0.717, 1.165) is 73.9 Å². The molecule has 10 heteroatoms. The van der Waals surface area contributed by atoms with Gasteiger partial charge >= 0.3 is 0 Å². The van der Waals surface area contributed by atoms with Gasteiger partial charge in [-0.3, -0.25) is 9.78 Å². The van der Waals surface area contributed by atoms with E-state index in [9.17, 15) is 4.79 Å². The fraction of sp³-hybridized carbons (Fsp3) is 0.389. The zero-order valence-corrected chi connectivity index (χ0v) is 28.8. The van der Waals surface area contributed by atoms with Crippen molar-refractivity contribution in [1.82, 2.24) is 19.8 Å². The van der Waals surface area contributed by atoms with Gasteiger partial charge in [0.1, 0.15) is 0 Å². The molecule has 8 nitrogen and oxygen atoms in total. The molecule has 1 atom stereocenters. The Bertz CT molecular complexity index is 1690. The van der Waals surface area contributed by atoms with Gasteiger partial charge in [0.25, 0.3) is 0 Å². The van der Waals surface area contributed by atoms with Crippen LogP contribution in [-0.4, -0.2) is 86.8 Å². The summed E-state index contributed by atoms with van der Waals surface area (Å²) in [5.74, 6) is 0. The molecular weight excluding hydrogens is 613 g/mol. The summed E-state index contributed by atoms with van der Waals surface area (Å²) >= 11 is 3.56. The lowest BCUT2D eigenvalue weighted by Crippen LogP contribution is -2.36. The zero-order chi connectivity index (χ0) is 32.0. The number of hydrogen-bond donors (Lipinski definition) is 2. The van der Waals surface area contributed by atoms with Crippen molar-refractivity contribution in [2.75, 3.05) is 77.3 Å². The van der Waals surface area contributed by atoms with Crippen LogP contribution in [0.25, 0.3) is 11.3 Å². The van der Waals surface area contributed by atoms with Crippen molar-refractivity contribution in [2.45, 2.75) is 45.4 Å². The highest BCUT2D eigenvalue weighted by Crippen LogP contribution is 2.52. The summed E-state index contributed by atoms with van der Waals surface area (Å²) in [4.78, 5) is 32.4. The summed E-state index contributed by atoms with van der Waals surface area (Å²) in [7, 11) is 6.47. The number of aromatic amines is 1. The number of rotatable bonds is 12. The lowest BCUT2D eigenvalue weighted by atomic mass is 10.1. The fourth-order valence-electron chi connectivity index (χ4n) is 5.88. The lowest BCUT2D eigenvalue weighted by Gasteiger charge is -2.29. The van der Waals surface area contributed by atoms with E-state index in [1.807, 2.05) is 6.20 Å². The van der Waals surface area contributed by atoms with E-state index in [2.05, 4.69) is 108 Å². The van der Waals surface area contributed by atoms with Crippen LogP contribution in [0, 0.1) is 6.92 Å². The molecule has 4 heterocycles. The minimum Gasteiger partial charge on any atom is -0.378 e. The molecular formula is C36H44N6O2S2. The Labute approximate surface area is 280 Å². The fourth-order valence-corrected chi connectivity index (χ4v) is 8.29. The summed E-state index contributed by atoms with van der Waals surface area (Å²) < 4.78 is 5.53. The Morgan fingerprint density at radius 3 is 2.59 bits per heavy atom. The van der Waals surface area contributed by atoms with Crippen molar-refractivity contribution in [2.24, 2.45) is 0 Å². The second kappa shape index (κ2) is 15.1. The Hall–Kier alpha value is -3.28. The maximum absolute atomic E-state index is 12.8. The monoisotopic (exact) mass is 656 g/mol. The first kappa shape index (κ1) is 32.7. The topological polar surface area (TPSA) is 76.7 Å². The second-order valence-corrected chi connectivity index (χ2v) is 14.6. The van der Waals surface area contributed by atoms with Crippen LogP contribution < -0.4 is 15.8 Å². The number of nitrogens with zero attached hydrogens (tertiary/aromatic N) is 4. The van der Waals surface area contributed by atoms with Crippen LogP contribution in [0.4, 0.5) is 11.4 Å². The van der Waals surface area contributed by atoms with Gasteiger partial charge in [-0.1, -0.05) is 41.7 Å². The van der Waals surface area contributed by atoms with Gasteiger partial charge in [-0.05, 0) is 96.0 Å². The second-order valence-electron chi connectivity index (χ2n) is 12.4. The van der Waals surface area contributed by atoms with E-state index in [1.54, 1.807) is 29.6 Å². The van der Waals surface area contributed by atoms with E-state index < -0.39 is 0 Å². The van der Waals surface area contributed by atoms with Gasteiger partial charge < -0.3 is 29.7 Å². The molecule has 1 unspecified atom stereocenters. The van der Waals surface area contributed by atoms with Gasteiger partial charge in [0.05, 0.1) is 30.6 Å². The normalized spacial score (nSPS) is 15.1. The summed E-state index contributed by atoms with van der Waals surface area (Å²) in [6, 6.07) is 21.2. The van der Waals surface area contributed by atoms with E-state index in [0.29, 0.717) is 13.2 Å². The highest BCUT2D eigenvalue weighted by atomic mass is 32.2. The molecule has 0 amide bonds. The van der Waals surface area contributed by atoms with Gasteiger partial charge in [0.2, 0.25) is 5.56 Å². The van der Waals surface area contributed by atoms with Crippen LogP contribution in [0.2, 0.25) is 0 Å². The number of morpholine rings is 1. The molecule has 242 valence electrons. The molecule has 0 aliphatic carbocycles. The SMILES string of the molecule is Cc1ccc(C(CCN(C)CCCN(C)C)Nc2ccc3c(c2)Sc2cccc(-c4cc(N5CCOCC5)cc(=O)[nH]4)c2S3)nc1. The number of pyridine rings is 2. The van der Waals surface area contributed by atoms with Gasteiger partial charge in [-0.15, -0.1) is 0 Å². The van der Waals surface area contributed by atoms with E-state index in [-0.39, 0.29) is 11.6 Å². The average molecular weight is 657 g/mol. The first-order valence-corrected chi connectivity index (χ1v) is 17.7. The number of hydrogen-bond acceptors (Lipinski definition) is 9. The number of ether oxygens (including phenoxy) is 1. The minimum absolute atomic E-state index is 0.0847. The van der Waals surface area contributed by atoms with E-state index in [4.69, 9.17) is 9.72 Å². The van der Waals surface area contributed by atoms with Crippen molar-refractivity contribution >= 4 is 34.9 Å². The highest BCUT2D eigenvalue weighted by Gasteiger charge is 2.23.